The number of aromatic amines is 1. The fraction of sp³-hybridized carbons (Fsp3) is 0.111. The summed E-state index contributed by atoms with van der Waals surface area (Å²) < 4.78 is 10.7. The summed E-state index contributed by atoms with van der Waals surface area (Å²) in [6.45, 7) is 2.06. The van der Waals surface area contributed by atoms with Gasteiger partial charge in [0.15, 0.2) is 11.5 Å². The highest BCUT2D eigenvalue weighted by Crippen LogP contribution is 2.35. The Morgan fingerprint density at radius 3 is 2.54 bits per heavy atom. The molecule has 6 nitrogen and oxygen atoms in total. The second-order valence-corrected chi connectivity index (χ2v) is 5.51. The van der Waals surface area contributed by atoms with Crippen LogP contribution in [0.4, 0.5) is 11.4 Å². The van der Waals surface area contributed by atoms with Gasteiger partial charge < -0.3 is 19.8 Å². The molecule has 0 atom stereocenters. The van der Waals surface area contributed by atoms with Crippen molar-refractivity contribution in [2.45, 2.75) is 6.92 Å². The van der Waals surface area contributed by atoms with Crippen molar-refractivity contribution in [3.8, 4) is 22.9 Å². The summed E-state index contributed by atoms with van der Waals surface area (Å²) in [5.74, 6) is 2.05. The number of H-pyrrole nitrogens is 1. The number of ether oxygens (including phenoxy) is 2. The quantitative estimate of drug-likeness (QED) is 0.774. The van der Waals surface area contributed by atoms with Crippen LogP contribution in [0.1, 0.15) is 5.69 Å². The molecular weight excluding hydrogens is 306 g/mol. The van der Waals surface area contributed by atoms with Gasteiger partial charge in [0.25, 0.3) is 5.56 Å². The zero-order chi connectivity index (χ0) is 16.5. The third-order valence-electron chi connectivity index (χ3n) is 3.69. The van der Waals surface area contributed by atoms with E-state index in [1.54, 1.807) is 6.92 Å². The molecule has 0 spiro atoms. The second kappa shape index (κ2) is 5.73. The molecule has 3 aromatic rings. The number of rotatable bonds is 3. The number of aryl methyl sites for hydroxylation is 1. The average Bonchev–Trinajstić information content (AvgIpc) is 3.02. The van der Waals surface area contributed by atoms with Crippen molar-refractivity contribution >= 4 is 11.4 Å². The lowest BCUT2D eigenvalue weighted by Crippen LogP contribution is -2.08. The van der Waals surface area contributed by atoms with E-state index in [1.165, 1.54) is 6.07 Å². The zero-order valence-electron chi connectivity index (χ0n) is 13.0. The minimum atomic E-state index is -0.153. The van der Waals surface area contributed by atoms with Gasteiger partial charge in [0.1, 0.15) is 5.82 Å². The van der Waals surface area contributed by atoms with Gasteiger partial charge in [-0.25, -0.2) is 4.98 Å². The van der Waals surface area contributed by atoms with Gasteiger partial charge in [0, 0.05) is 34.8 Å². The van der Waals surface area contributed by atoms with Crippen LogP contribution in [-0.4, -0.2) is 16.8 Å². The Kier molecular flexibility index (Phi) is 3.42. The number of aromatic nitrogens is 2. The molecule has 1 aliphatic rings. The summed E-state index contributed by atoms with van der Waals surface area (Å²) in [6, 6.07) is 14.9. The predicted octanol–water partition coefficient (Wildman–Crippen LogP) is 3.22. The lowest BCUT2D eigenvalue weighted by Gasteiger charge is -2.08. The molecule has 0 aliphatic carbocycles. The third kappa shape index (κ3) is 2.81. The Bertz CT molecular complexity index is 948. The summed E-state index contributed by atoms with van der Waals surface area (Å²) in [4.78, 5) is 18.7. The smallest absolute Gasteiger partial charge is 0.251 e. The zero-order valence-corrected chi connectivity index (χ0v) is 13.0. The number of hydrogen-bond donors (Lipinski definition) is 2. The van der Waals surface area contributed by atoms with Crippen molar-refractivity contribution in [3.63, 3.8) is 0 Å². The molecule has 0 radical (unpaired) electrons. The molecule has 120 valence electrons. The van der Waals surface area contributed by atoms with Gasteiger partial charge >= 0.3 is 0 Å². The first-order valence-electron chi connectivity index (χ1n) is 7.52. The van der Waals surface area contributed by atoms with Gasteiger partial charge in [-0.2, -0.15) is 0 Å². The molecule has 2 N–H and O–H groups in total. The van der Waals surface area contributed by atoms with Crippen LogP contribution in [-0.2, 0) is 0 Å². The van der Waals surface area contributed by atoms with Crippen LogP contribution in [0.25, 0.3) is 11.4 Å². The molecule has 0 bridgehead atoms. The normalized spacial score (nSPS) is 12.2. The van der Waals surface area contributed by atoms with Crippen LogP contribution in [0.3, 0.4) is 0 Å². The number of nitrogens with one attached hydrogen (secondary N) is 2. The monoisotopic (exact) mass is 321 g/mol. The summed E-state index contributed by atoms with van der Waals surface area (Å²) in [6.07, 6.45) is 0. The van der Waals surface area contributed by atoms with Crippen molar-refractivity contribution in [3.05, 3.63) is 64.6 Å². The molecule has 0 amide bonds. The second-order valence-electron chi connectivity index (χ2n) is 5.51. The van der Waals surface area contributed by atoms with Crippen LogP contribution in [0.2, 0.25) is 0 Å². The fourth-order valence-corrected chi connectivity index (χ4v) is 2.57. The summed E-state index contributed by atoms with van der Waals surface area (Å²) in [5, 5.41) is 3.31. The Morgan fingerprint density at radius 1 is 1.00 bits per heavy atom. The van der Waals surface area contributed by atoms with Gasteiger partial charge in [0.05, 0.1) is 0 Å². The molecule has 0 saturated heterocycles. The first-order chi connectivity index (χ1) is 11.7. The lowest BCUT2D eigenvalue weighted by molar-refractivity contribution is 0.174. The van der Waals surface area contributed by atoms with E-state index in [0.717, 1.165) is 28.4 Å². The highest BCUT2D eigenvalue weighted by atomic mass is 16.7. The molecule has 24 heavy (non-hydrogen) atoms. The van der Waals surface area contributed by atoms with Crippen molar-refractivity contribution < 1.29 is 9.47 Å². The van der Waals surface area contributed by atoms with Crippen LogP contribution in [0, 0.1) is 6.92 Å². The molecule has 0 unspecified atom stereocenters. The Hall–Kier alpha value is -3.28. The van der Waals surface area contributed by atoms with Crippen molar-refractivity contribution in [1.29, 1.82) is 0 Å². The standard InChI is InChI=1S/C18H15N3O3/c1-11-8-17(22)21-18(19-11)12-2-4-13(5-3-12)20-14-6-7-15-16(9-14)24-10-23-15/h2-9,20H,10H2,1H3,(H,19,21,22). The van der Waals surface area contributed by atoms with E-state index in [-0.39, 0.29) is 12.4 Å². The maximum Gasteiger partial charge on any atom is 0.251 e. The molecule has 2 heterocycles. The molecule has 0 saturated carbocycles. The SMILES string of the molecule is Cc1cc(=O)[nH]c(-c2ccc(Nc3ccc4c(c3)OCO4)cc2)n1. The average molecular weight is 321 g/mol. The molecule has 1 aliphatic heterocycles. The molecule has 0 fully saturated rings. The van der Waals surface area contributed by atoms with E-state index in [2.05, 4.69) is 15.3 Å². The summed E-state index contributed by atoms with van der Waals surface area (Å²) in [5.41, 5.74) is 3.23. The van der Waals surface area contributed by atoms with E-state index in [9.17, 15) is 4.79 Å². The number of nitrogens with zero attached hydrogens (tertiary/aromatic N) is 1. The van der Waals surface area contributed by atoms with Crippen molar-refractivity contribution in [2.75, 3.05) is 12.1 Å². The molecular formula is C18H15N3O3. The highest BCUT2D eigenvalue weighted by Gasteiger charge is 2.13. The Labute approximate surface area is 138 Å². The Morgan fingerprint density at radius 2 is 1.75 bits per heavy atom. The molecule has 2 aromatic carbocycles. The minimum absolute atomic E-state index is 0.153. The number of anilines is 2. The summed E-state index contributed by atoms with van der Waals surface area (Å²) >= 11 is 0. The molecule has 6 heteroatoms. The van der Waals surface area contributed by atoms with Crippen molar-refractivity contribution in [2.24, 2.45) is 0 Å². The van der Waals surface area contributed by atoms with Gasteiger partial charge in [-0.15, -0.1) is 0 Å². The van der Waals surface area contributed by atoms with E-state index in [0.29, 0.717) is 11.5 Å². The van der Waals surface area contributed by atoms with Crippen LogP contribution >= 0.6 is 0 Å². The van der Waals surface area contributed by atoms with E-state index < -0.39 is 0 Å². The van der Waals surface area contributed by atoms with E-state index >= 15 is 0 Å². The van der Waals surface area contributed by atoms with Crippen molar-refractivity contribution in [1.82, 2.24) is 9.97 Å². The van der Waals surface area contributed by atoms with Gasteiger partial charge in [-0.1, -0.05) is 0 Å². The maximum atomic E-state index is 11.6. The number of benzene rings is 2. The van der Waals surface area contributed by atoms with Gasteiger partial charge in [-0.3, -0.25) is 4.79 Å². The molecule has 1 aromatic heterocycles. The van der Waals surface area contributed by atoms with Gasteiger partial charge in [0.2, 0.25) is 6.79 Å². The largest absolute Gasteiger partial charge is 0.454 e. The van der Waals surface area contributed by atoms with E-state index in [1.807, 2.05) is 42.5 Å². The van der Waals surface area contributed by atoms with Crippen LogP contribution in [0.5, 0.6) is 11.5 Å². The van der Waals surface area contributed by atoms with Gasteiger partial charge in [-0.05, 0) is 43.3 Å². The predicted molar refractivity (Wildman–Crippen MR) is 90.9 cm³/mol. The van der Waals surface area contributed by atoms with E-state index in [4.69, 9.17) is 9.47 Å². The maximum absolute atomic E-state index is 11.6. The third-order valence-corrected chi connectivity index (χ3v) is 3.69. The first-order valence-corrected chi connectivity index (χ1v) is 7.52. The van der Waals surface area contributed by atoms with Crippen LogP contribution < -0.4 is 20.3 Å². The molecule has 4 rings (SSSR count). The lowest BCUT2D eigenvalue weighted by atomic mass is 10.2. The minimum Gasteiger partial charge on any atom is -0.454 e. The first kappa shape index (κ1) is 14.3. The van der Waals surface area contributed by atoms with Crippen LogP contribution in [0.15, 0.2) is 53.3 Å². The Balaban J connectivity index is 1.56. The number of fused-ring (bicyclic) bond motifs is 1. The topological polar surface area (TPSA) is 76.2 Å². The fourth-order valence-electron chi connectivity index (χ4n) is 2.57. The number of hydrogen-bond acceptors (Lipinski definition) is 5. The summed E-state index contributed by atoms with van der Waals surface area (Å²) in [7, 11) is 0. The highest BCUT2D eigenvalue weighted by molar-refractivity contribution is 5.67.